The van der Waals surface area contributed by atoms with Gasteiger partial charge in [0.05, 0.1) is 12.5 Å². The second-order valence-corrected chi connectivity index (χ2v) is 6.12. The summed E-state index contributed by atoms with van der Waals surface area (Å²) in [6.07, 6.45) is 3.73. The number of aromatic nitrogens is 4. The number of benzene rings is 1. The highest BCUT2D eigenvalue weighted by Crippen LogP contribution is 2.29. The molecule has 1 aliphatic rings. The van der Waals surface area contributed by atoms with Gasteiger partial charge in [0, 0.05) is 24.5 Å². The fourth-order valence-corrected chi connectivity index (χ4v) is 3.43. The Morgan fingerprint density at radius 3 is 2.77 bits per heavy atom. The molecule has 0 saturated carbocycles. The van der Waals surface area contributed by atoms with Crippen molar-refractivity contribution in [1.29, 1.82) is 0 Å². The molecule has 22 heavy (non-hydrogen) atoms. The lowest BCUT2D eigenvalue weighted by Gasteiger charge is -2.27. The van der Waals surface area contributed by atoms with Gasteiger partial charge in [-0.25, -0.2) is 0 Å². The number of hydrogen-bond donors (Lipinski definition) is 0. The minimum atomic E-state index is 0.800. The lowest BCUT2D eigenvalue weighted by molar-refractivity contribution is 0.231. The molecule has 0 atom stereocenters. The van der Waals surface area contributed by atoms with E-state index in [4.69, 9.17) is 0 Å². The van der Waals surface area contributed by atoms with E-state index in [0.29, 0.717) is 0 Å². The summed E-state index contributed by atoms with van der Waals surface area (Å²) >= 11 is 1.73. The Bertz CT molecular complexity index is 757. The Balaban J connectivity index is 1.59. The third-order valence-electron chi connectivity index (χ3n) is 3.60. The molecule has 0 saturated heterocycles. The van der Waals surface area contributed by atoms with Crippen molar-refractivity contribution >= 4 is 11.8 Å². The van der Waals surface area contributed by atoms with Crippen molar-refractivity contribution in [2.45, 2.75) is 18.4 Å². The maximum atomic E-state index is 4.36. The molecule has 5 nitrogen and oxygen atoms in total. The largest absolute Gasteiger partial charge is 0.288 e. The van der Waals surface area contributed by atoms with Crippen molar-refractivity contribution in [2.24, 2.45) is 0 Å². The molecule has 0 spiro atoms. The number of pyridine rings is 1. The molecule has 0 unspecified atom stereocenters. The van der Waals surface area contributed by atoms with Gasteiger partial charge in [0.2, 0.25) is 0 Å². The molecule has 1 aromatic carbocycles. The molecule has 0 fully saturated rings. The average Bonchev–Trinajstić information content (AvgIpc) is 3.00. The van der Waals surface area contributed by atoms with Crippen molar-refractivity contribution in [1.82, 2.24) is 24.6 Å². The zero-order valence-electron chi connectivity index (χ0n) is 12.0. The van der Waals surface area contributed by atoms with Crippen LogP contribution in [-0.4, -0.2) is 30.5 Å². The fourth-order valence-electron chi connectivity index (χ4n) is 2.56. The molecule has 3 aromatic rings. The van der Waals surface area contributed by atoms with Crippen molar-refractivity contribution in [3.8, 4) is 11.4 Å². The molecule has 6 heteroatoms. The van der Waals surface area contributed by atoms with Crippen LogP contribution in [0.3, 0.4) is 0 Å². The first-order valence-electron chi connectivity index (χ1n) is 7.13. The minimum absolute atomic E-state index is 0.800. The van der Waals surface area contributed by atoms with Crippen molar-refractivity contribution in [3.05, 3.63) is 60.4 Å². The maximum Gasteiger partial charge on any atom is 0.193 e. The van der Waals surface area contributed by atoms with Gasteiger partial charge < -0.3 is 0 Å². The first-order chi connectivity index (χ1) is 10.9. The standard InChI is InChI=1S/C16H15N5S/c1-2-6-14(7-3-1)15-18-19-16-21(15)11-20(12-22-16)10-13-5-4-8-17-9-13/h1-9H,10-12H2. The Hall–Kier alpha value is -2.18. The number of thioether (sulfide) groups is 1. The molecule has 0 N–H and O–H groups in total. The van der Waals surface area contributed by atoms with Crippen molar-refractivity contribution in [3.63, 3.8) is 0 Å². The van der Waals surface area contributed by atoms with Crippen LogP contribution < -0.4 is 0 Å². The van der Waals surface area contributed by atoms with Gasteiger partial charge >= 0.3 is 0 Å². The summed E-state index contributed by atoms with van der Waals surface area (Å²) in [5.74, 6) is 1.85. The van der Waals surface area contributed by atoms with E-state index in [1.165, 1.54) is 5.56 Å². The summed E-state index contributed by atoms with van der Waals surface area (Å²) in [6, 6.07) is 14.3. The second-order valence-electron chi connectivity index (χ2n) is 5.21. The normalized spacial score (nSPS) is 14.7. The summed E-state index contributed by atoms with van der Waals surface area (Å²) in [6.45, 7) is 1.68. The van der Waals surface area contributed by atoms with E-state index in [1.807, 2.05) is 30.5 Å². The highest BCUT2D eigenvalue weighted by Gasteiger charge is 2.22. The van der Waals surface area contributed by atoms with Gasteiger partial charge in [0.15, 0.2) is 11.0 Å². The van der Waals surface area contributed by atoms with E-state index in [0.717, 1.165) is 35.6 Å². The van der Waals surface area contributed by atoms with Crippen molar-refractivity contribution < 1.29 is 0 Å². The van der Waals surface area contributed by atoms with Crippen LogP contribution in [0.15, 0.2) is 60.0 Å². The smallest absolute Gasteiger partial charge is 0.193 e. The zero-order chi connectivity index (χ0) is 14.8. The summed E-state index contributed by atoms with van der Waals surface area (Å²) in [5.41, 5.74) is 2.32. The number of nitrogens with zero attached hydrogens (tertiary/aromatic N) is 5. The minimum Gasteiger partial charge on any atom is -0.288 e. The Morgan fingerprint density at radius 2 is 1.95 bits per heavy atom. The van der Waals surface area contributed by atoms with Crippen LogP contribution in [0.5, 0.6) is 0 Å². The third kappa shape index (κ3) is 2.63. The summed E-state index contributed by atoms with van der Waals surface area (Å²) < 4.78 is 2.18. The van der Waals surface area contributed by atoms with Gasteiger partial charge in [-0.15, -0.1) is 10.2 Å². The summed E-state index contributed by atoms with van der Waals surface area (Å²) in [7, 11) is 0. The van der Waals surface area contributed by atoms with Crippen LogP contribution in [0.25, 0.3) is 11.4 Å². The number of fused-ring (bicyclic) bond motifs is 1. The summed E-state index contributed by atoms with van der Waals surface area (Å²) in [4.78, 5) is 6.55. The topological polar surface area (TPSA) is 46.8 Å². The first kappa shape index (κ1) is 13.5. The van der Waals surface area contributed by atoms with Crippen LogP contribution in [0.1, 0.15) is 5.56 Å². The molecule has 0 aliphatic carbocycles. The lowest BCUT2D eigenvalue weighted by Crippen LogP contribution is -2.30. The molecule has 4 rings (SSSR count). The highest BCUT2D eigenvalue weighted by molar-refractivity contribution is 7.99. The monoisotopic (exact) mass is 309 g/mol. The maximum absolute atomic E-state index is 4.36. The predicted molar refractivity (Wildman–Crippen MR) is 86.0 cm³/mol. The Kier molecular flexibility index (Phi) is 3.62. The predicted octanol–water partition coefficient (Wildman–Crippen LogP) is 2.86. The molecule has 2 aromatic heterocycles. The van der Waals surface area contributed by atoms with E-state index in [1.54, 1.807) is 18.0 Å². The number of hydrogen-bond acceptors (Lipinski definition) is 5. The van der Waals surface area contributed by atoms with Crippen LogP contribution in [0.2, 0.25) is 0 Å². The quantitative estimate of drug-likeness (QED) is 0.744. The Labute approximate surface area is 133 Å². The fraction of sp³-hybridized carbons (Fsp3) is 0.188. The molecular formula is C16H15N5S. The van der Waals surface area contributed by atoms with Crippen LogP contribution in [0.4, 0.5) is 0 Å². The molecule has 0 amide bonds. The molecule has 1 aliphatic heterocycles. The molecule has 0 bridgehead atoms. The van der Waals surface area contributed by atoms with E-state index >= 15 is 0 Å². The van der Waals surface area contributed by atoms with E-state index < -0.39 is 0 Å². The van der Waals surface area contributed by atoms with Crippen LogP contribution >= 0.6 is 11.8 Å². The zero-order valence-corrected chi connectivity index (χ0v) is 12.8. The summed E-state index contributed by atoms with van der Waals surface area (Å²) in [5, 5.41) is 9.66. The molecule has 0 radical (unpaired) electrons. The second kappa shape index (κ2) is 5.90. The van der Waals surface area contributed by atoms with Crippen molar-refractivity contribution in [2.75, 3.05) is 5.88 Å². The van der Waals surface area contributed by atoms with Gasteiger partial charge in [-0.05, 0) is 11.6 Å². The molecule has 3 heterocycles. The van der Waals surface area contributed by atoms with E-state index in [-0.39, 0.29) is 0 Å². The van der Waals surface area contributed by atoms with Gasteiger partial charge in [0.1, 0.15) is 0 Å². The van der Waals surface area contributed by atoms with E-state index in [2.05, 4.69) is 42.8 Å². The van der Waals surface area contributed by atoms with Crippen LogP contribution in [-0.2, 0) is 13.2 Å². The number of rotatable bonds is 3. The Morgan fingerprint density at radius 1 is 1.05 bits per heavy atom. The molecular weight excluding hydrogens is 294 g/mol. The highest BCUT2D eigenvalue weighted by atomic mass is 32.2. The van der Waals surface area contributed by atoms with Gasteiger partial charge in [-0.2, -0.15) is 0 Å². The van der Waals surface area contributed by atoms with Gasteiger partial charge in [0.25, 0.3) is 0 Å². The lowest BCUT2D eigenvalue weighted by atomic mass is 10.2. The average molecular weight is 309 g/mol. The van der Waals surface area contributed by atoms with Gasteiger partial charge in [-0.3, -0.25) is 14.5 Å². The van der Waals surface area contributed by atoms with E-state index in [9.17, 15) is 0 Å². The van der Waals surface area contributed by atoms with Crippen LogP contribution in [0, 0.1) is 0 Å². The molecule has 110 valence electrons. The third-order valence-corrected chi connectivity index (χ3v) is 4.65. The van der Waals surface area contributed by atoms with Gasteiger partial charge in [-0.1, -0.05) is 48.2 Å². The SMILES string of the molecule is c1ccc(-c2nnc3n2CN(Cc2cccnc2)CS3)cc1. The first-order valence-corrected chi connectivity index (χ1v) is 8.11.